The second kappa shape index (κ2) is 7.23. The van der Waals surface area contributed by atoms with Crippen LogP contribution in [0, 0.1) is 6.92 Å². The Kier molecular flexibility index (Phi) is 4.84. The molecule has 0 radical (unpaired) electrons. The summed E-state index contributed by atoms with van der Waals surface area (Å²) in [6.07, 6.45) is 1.72. The van der Waals surface area contributed by atoms with E-state index in [4.69, 9.17) is 10.5 Å². The fourth-order valence-corrected chi connectivity index (χ4v) is 2.65. The number of primary amides is 1. The zero-order valence-electron chi connectivity index (χ0n) is 14.6. The van der Waals surface area contributed by atoms with E-state index < -0.39 is 5.91 Å². The zero-order chi connectivity index (χ0) is 18.7. The third-order valence-electron chi connectivity index (χ3n) is 3.90. The highest BCUT2D eigenvalue weighted by Gasteiger charge is 2.29. The number of ether oxygens (including phenoxy) is 1. The quantitative estimate of drug-likeness (QED) is 0.842. The zero-order valence-corrected chi connectivity index (χ0v) is 14.6. The average Bonchev–Trinajstić information content (AvgIpc) is 2.89. The van der Waals surface area contributed by atoms with Crippen LogP contribution >= 0.6 is 0 Å². The van der Waals surface area contributed by atoms with Crippen LogP contribution in [-0.2, 0) is 9.59 Å². The topological polar surface area (TPSA) is 85.0 Å². The van der Waals surface area contributed by atoms with Gasteiger partial charge in [-0.3, -0.25) is 9.59 Å². The standard InChI is InChI=1S/C20H19N3O3/c1-13-6-5-8-16(10-13)23-20(25)17(14(2)22-23)11-15-7-3-4-9-18(15)26-12-19(21)24/h3-11H,12H2,1-2H3,(H2,21,24)/b17-11+. The summed E-state index contributed by atoms with van der Waals surface area (Å²) >= 11 is 0. The van der Waals surface area contributed by atoms with Gasteiger partial charge in [-0.2, -0.15) is 10.1 Å². The van der Waals surface area contributed by atoms with Crippen LogP contribution < -0.4 is 15.5 Å². The van der Waals surface area contributed by atoms with E-state index in [-0.39, 0.29) is 12.5 Å². The van der Waals surface area contributed by atoms with E-state index in [1.54, 1.807) is 31.2 Å². The van der Waals surface area contributed by atoms with E-state index >= 15 is 0 Å². The fraction of sp³-hybridized carbons (Fsp3) is 0.150. The summed E-state index contributed by atoms with van der Waals surface area (Å²) < 4.78 is 5.42. The number of rotatable bonds is 5. The van der Waals surface area contributed by atoms with Crippen LogP contribution in [0.4, 0.5) is 5.69 Å². The molecule has 2 aromatic rings. The first-order chi connectivity index (χ1) is 12.5. The predicted molar refractivity (Wildman–Crippen MR) is 101 cm³/mol. The molecule has 6 heteroatoms. The van der Waals surface area contributed by atoms with Gasteiger partial charge in [-0.05, 0) is 43.7 Å². The molecule has 2 amide bonds. The maximum absolute atomic E-state index is 12.8. The van der Waals surface area contributed by atoms with Crippen LogP contribution in [-0.4, -0.2) is 24.1 Å². The number of hydrogen-bond acceptors (Lipinski definition) is 4. The summed E-state index contributed by atoms with van der Waals surface area (Å²) in [5.74, 6) is -0.293. The van der Waals surface area contributed by atoms with Crippen molar-refractivity contribution in [1.82, 2.24) is 0 Å². The molecule has 0 saturated carbocycles. The molecule has 0 aromatic heterocycles. The minimum atomic E-state index is -0.562. The van der Waals surface area contributed by atoms with E-state index in [0.29, 0.717) is 22.6 Å². The van der Waals surface area contributed by atoms with Gasteiger partial charge in [0.1, 0.15) is 5.75 Å². The van der Waals surface area contributed by atoms with Crippen LogP contribution in [0.5, 0.6) is 5.75 Å². The fourth-order valence-electron chi connectivity index (χ4n) is 2.65. The molecule has 0 unspecified atom stereocenters. The number of nitrogens with zero attached hydrogens (tertiary/aromatic N) is 2. The van der Waals surface area contributed by atoms with Gasteiger partial charge in [-0.1, -0.05) is 30.3 Å². The summed E-state index contributed by atoms with van der Waals surface area (Å²) in [4.78, 5) is 23.8. The molecule has 0 fully saturated rings. The molecular formula is C20H19N3O3. The van der Waals surface area contributed by atoms with E-state index in [1.807, 2.05) is 37.3 Å². The van der Waals surface area contributed by atoms with Crippen molar-refractivity contribution in [2.24, 2.45) is 10.8 Å². The second-order valence-electron chi connectivity index (χ2n) is 5.99. The van der Waals surface area contributed by atoms with E-state index in [1.165, 1.54) is 5.01 Å². The lowest BCUT2D eigenvalue weighted by atomic mass is 10.1. The molecule has 0 atom stereocenters. The molecule has 2 aromatic carbocycles. The van der Waals surface area contributed by atoms with Gasteiger partial charge in [0.05, 0.1) is 17.0 Å². The predicted octanol–water partition coefficient (Wildman–Crippen LogP) is 2.67. The van der Waals surface area contributed by atoms with Gasteiger partial charge in [-0.25, -0.2) is 0 Å². The van der Waals surface area contributed by atoms with Crippen LogP contribution in [0.1, 0.15) is 18.1 Å². The number of para-hydroxylation sites is 1. The van der Waals surface area contributed by atoms with Crippen LogP contribution in [0.2, 0.25) is 0 Å². The number of benzene rings is 2. The smallest absolute Gasteiger partial charge is 0.280 e. The van der Waals surface area contributed by atoms with Crippen molar-refractivity contribution in [3.05, 3.63) is 65.2 Å². The number of carbonyl (C=O) groups is 2. The minimum Gasteiger partial charge on any atom is -0.483 e. The molecular weight excluding hydrogens is 330 g/mol. The molecule has 0 spiro atoms. The SMILES string of the molecule is CC1=NN(c2cccc(C)c2)C(=O)/C1=C/c1ccccc1OCC(N)=O. The summed E-state index contributed by atoms with van der Waals surface area (Å²) in [5.41, 5.74) is 8.66. The largest absolute Gasteiger partial charge is 0.483 e. The Morgan fingerprint density at radius 3 is 2.69 bits per heavy atom. The number of anilines is 1. The first kappa shape index (κ1) is 17.4. The number of carbonyl (C=O) groups excluding carboxylic acids is 2. The third kappa shape index (κ3) is 3.64. The molecule has 0 bridgehead atoms. The van der Waals surface area contributed by atoms with Gasteiger partial charge in [0.25, 0.3) is 11.8 Å². The summed E-state index contributed by atoms with van der Waals surface area (Å²) in [6, 6.07) is 14.7. The molecule has 2 N–H and O–H groups in total. The van der Waals surface area contributed by atoms with Crippen molar-refractivity contribution < 1.29 is 14.3 Å². The van der Waals surface area contributed by atoms with Crippen molar-refractivity contribution in [2.75, 3.05) is 11.6 Å². The summed E-state index contributed by atoms with van der Waals surface area (Å²) in [6.45, 7) is 3.52. The molecule has 132 valence electrons. The second-order valence-corrected chi connectivity index (χ2v) is 5.99. The van der Waals surface area contributed by atoms with Gasteiger partial charge in [0.2, 0.25) is 0 Å². The van der Waals surface area contributed by atoms with Crippen molar-refractivity contribution in [1.29, 1.82) is 0 Å². The van der Waals surface area contributed by atoms with E-state index in [2.05, 4.69) is 5.10 Å². The Morgan fingerprint density at radius 1 is 1.19 bits per heavy atom. The lowest BCUT2D eigenvalue weighted by Crippen LogP contribution is -2.21. The van der Waals surface area contributed by atoms with Gasteiger partial charge in [0, 0.05) is 5.56 Å². The molecule has 1 aliphatic heterocycles. The molecule has 3 rings (SSSR count). The Labute approximate surface area is 151 Å². The summed E-state index contributed by atoms with van der Waals surface area (Å²) in [5, 5.41) is 5.77. The van der Waals surface area contributed by atoms with Crippen molar-refractivity contribution in [3.8, 4) is 5.75 Å². The van der Waals surface area contributed by atoms with Gasteiger partial charge in [0.15, 0.2) is 6.61 Å². The first-order valence-electron chi connectivity index (χ1n) is 8.14. The van der Waals surface area contributed by atoms with Gasteiger partial charge >= 0.3 is 0 Å². The molecule has 0 saturated heterocycles. The van der Waals surface area contributed by atoms with E-state index in [9.17, 15) is 9.59 Å². The van der Waals surface area contributed by atoms with Crippen molar-refractivity contribution >= 4 is 29.3 Å². The number of nitrogens with two attached hydrogens (primary N) is 1. The highest BCUT2D eigenvalue weighted by atomic mass is 16.5. The monoisotopic (exact) mass is 349 g/mol. The van der Waals surface area contributed by atoms with Gasteiger partial charge in [-0.15, -0.1) is 0 Å². The van der Waals surface area contributed by atoms with Crippen LogP contribution in [0.15, 0.2) is 59.2 Å². The van der Waals surface area contributed by atoms with Crippen LogP contribution in [0.3, 0.4) is 0 Å². The molecule has 1 aliphatic rings. The number of hydrazone groups is 1. The first-order valence-corrected chi connectivity index (χ1v) is 8.14. The Hall–Kier alpha value is -3.41. The van der Waals surface area contributed by atoms with Crippen molar-refractivity contribution in [2.45, 2.75) is 13.8 Å². The number of aryl methyl sites for hydroxylation is 1. The molecule has 6 nitrogen and oxygen atoms in total. The lowest BCUT2D eigenvalue weighted by Gasteiger charge is -2.12. The highest BCUT2D eigenvalue weighted by molar-refractivity contribution is 6.32. The number of amides is 2. The average molecular weight is 349 g/mol. The van der Waals surface area contributed by atoms with E-state index in [0.717, 1.165) is 11.3 Å². The van der Waals surface area contributed by atoms with Gasteiger partial charge < -0.3 is 10.5 Å². The highest BCUT2D eigenvalue weighted by Crippen LogP contribution is 2.28. The normalized spacial score (nSPS) is 15.3. The maximum atomic E-state index is 12.8. The summed E-state index contributed by atoms with van der Waals surface area (Å²) in [7, 11) is 0. The van der Waals surface area contributed by atoms with Crippen molar-refractivity contribution in [3.63, 3.8) is 0 Å². The Bertz CT molecular complexity index is 931. The molecule has 0 aliphatic carbocycles. The molecule has 26 heavy (non-hydrogen) atoms. The Balaban J connectivity index is 1.92. The third-order valence-corrected chi connectivity index (χ3v) is 3.90. The lowest BCUT2D eigenvalue weighted by molar-refractivity contribution is -0.120. The minimum absolute atomic E-state index is 0.210. The molecule has 1 heterocycles. The Morgan fingerprint density at radius 2 is 1.96 bits per heavy atom. The maximum Gasteiger partial charge on any atom is 0.280 e. The van der Waals surface area contributed by atoms with Crippen LogP contribution in [0.25, 0.3) is 6.08 Å². The number of hydrogen-bond donors (Lipinski definition) is 1.